The van der Waals surface area contributed by atoms with Crippen LogP contribution in [0.4, 0.5) is 17.5 Å². The number of imidazole rings is 3. The molecular weight excluding hydrogens is 1030 g/mol. The molecule has 32 nitrogen and oxygen atoms in total. The minimum absolute atomic E-state index is 0.00696. The highest BCUT2D eigenvalue weighted by Gasteiger charge is 2.55. The van der Waals surface area contributed by atoms with Crippen molar-refractivity contribution in [2.75, 3.05) is 63.7 Å². The summed E-state index contributed by atoms with van der Waals surface area (Å²) in [5.74, 6) is -1.55. The van der Waals surface area contributed by atoms with Crippen LogP contribution in [0, 0.1) is 0 Å². The lowest BCUT2D eigenvalue weighted by Gasteiger charge is -2.29. The highest BCUT2D eigenvalue weighted by molar-refractivity contribution is 7.57. The zero-order valence-electron chi connectivity index (χ0n) is 39.5. The van der Waals surface area contributed by atoms with Crippen LogP contribution in [-0.2, 0) is 69.6 Å². The maximum absolute atomic E-state index is 14.7. The average molecular weight is 1080 g/mol. The van der Waals surface area contributed by atoms with Crippen molar-refractivity contribution in [2.45, 2.75) is 87.5 Å². The maximum Gasteiger partial charge on any atom is 0.328 e. The lowest BCUT2D eigenvalue weighted by molar-refractivity contribution is -0.154. The fourth-order valence-corrected chi connectivity index (χ4v) is 11.3. The Bertz CT molecular complexity index is 3190. The summed E-state index contributed by atoms with van der Waals surface area (Å²) in [4.78, 5) is 62.8. The van der Waals surface area contributed by atoms with Crippen LogP contribution in [0.3, 0.4) is 0 Å². The van der Waals surface area contributed by atoms with Gasteiger partial charge in [0.15, 0.2) is 84.9 Å². The van der Waals surface area contributed by atoms with Crippen LogP contribution in [0.25, 0.3) is 33.5 Å². The van der Waals surface area contributed by atoms with Crippen molar-refractivity contribution < 1.29 is 79.8 Å². The van der Waals surface area contributed by atoms with Crippen LogP contribution in [-0.4, -0.2) is 182 Å². The second kappa shape index (κ2) is 20.2. The molecule has 3 aliphatic heterocycles. The quantitative estimate of drug-likeness (QED) is 0.0579. The second-order valence-corrected chi connectivity index (χ2v) is 24.2. The van der Waals surface area contributed by atoms with Crippen molar-refractivity contribution in [3.05, 3.63) is 38.0 Å². The largest absolute Gasteiger partial charge is 0.457 e. The van der Waals surface area contributed by atoms with E-state index in [1.807, 2.05) is 0 Å². The molecule has 394 valence electrons. The molecule has 0 radical (unpaired) electrons. The van der Waals surface area contributed by atoms with Gasteiger partial charge in [-0.1, -0.05) is 0 Å². The Hall–Kier alpha value is -5.72. The van der Waals surface area contributed by atoms with Gasteiger partial charge in [-0.3, -0.25) is 46.0 Å². The number of aliphatic hydroxyl groups excluding tert-OH is 2. The summed E-state index contributed by atoms with van der Waals surface area (Å²) >= 11 is 0. The molecule has 35 heteroatoms. The summed E-state index contributed by atoms with van der Waals surface area (Å²) in [7, 11) is -11.9. The minimum atomic E-state index is -4.41. The van der Waals surface area contributed by atoms with Crippen LogP contribution in [0.1, 0.15) is 32.5 Å². The summed E-state index contributed by atoms with van der Waals surface area (Å²) in [5.41, 5.74) is 19.1. The van der Waals surface area contributed by atoms with E-state index in [0.717, 1.165) is 33.5 Å². The topological polar surface area (TPSA) is 427 Å². The molecule has 3 aliphatic rings. The molecule has 6 aromatic heterocycles. The van der Waals surface area contributed by atoms with Gasteiger partial charge in [0.25, 0.3) is 0 Å². The number of anilines is 3. The number of carbonyl (C=O) groups is 2. The minimum Gasteiger partial charge on any atom is -0.457 e. The van der Waals surface area contributed by atoms with E-state index >= 15 is 0 Å². The Kier molecular flexibility index (Phi) is 14.4. The molecule has 14 atom stereocenters. The van der Waals surface area contributed by atoms with Crippen LogP contribution in [0.15, 0.2) is 38.0 Å². The van der Waals surface area contributed by atoms with Crippen molar-refractivity contribution in [3.63, 3.8) is 0 Å². The van der Waals surface area contributed by atoms with Gasteiger partial charge in [0.05, 0.1) is 38.8 Å². The molecule has 0 bridgehead atoms. The third-order valence-electron chi connectivity index (χ3n) is 11.6. The molecule has 9 rings (SSSR count). The summed E-state index contributed by atoms with van der Waals surface area (Å²) in [5, 5.41) is 22.1. The van der Waals surface area contributed by atoms with Crippen molar-refractivity contribution in [2.24, 2.45) is 0 Å². The van der Waals surface area contributed by atoms with E-state index in [0.29, 0.717) is 0 Å². The van der Waals surface area contributed by atoms with E-state index in [2.05, 4.69) is 44.9 Å². The zero-order chi connectivity index (χ0) is 52.3. The molecule has 0 aliphatic carbocycles. The van der Waals surface area contributed by atoms with Crippen molar-refractivity contribution in [1.82, 2.24) is 58.6 Å². The molecule has 0 spiro atoms. The van der Waals surface area contributed by atoms with Crippen molar-refractivity contribution in [3.8, 4) is 0 Å². The first-order valence-corrected chi connectivity index (χ1v) is 28.5. The first kappa shape index (κ1) is 52.2. The van der Waals surface area contributed by atoms with E-state index in [1.165, 1.54) is 58.7 Å². The predicted molar refractivity (Wildman–Crippen MR) is 248 cm³/mol. The van der Waals surface area contributed by atoms with Gasteiger partial charge in [-0.05, 0) is 0 Å². The van der Waals surface area contributed by atoms with Gasteiger partial charge in [0.1, 0.15) is 66.1 Å². The number of fused-ring (bicyclic) bond motifs is 3. The van der Waals surface area contributed by atoms with E-state index < -0.39 is 121 Å². The van der Waals surface area contributed by atoms with Gasteiger partial charge in [0.2, 0.25) is 0 Å². The first-order valence-electron chi connectivity index (χ1n) is 22.0. The predicted octanol–water partition coefficient (Wildman–Crippen LogP) is 0.534. The lowest BCUT2D eigenvalue weighted by Crippen LogP contribution is -2.40. The van der Waals surface area contributed by atoms with Gasteiger partial charge >= 0.3 is 27.1 Å². The number of aromatic nitrogens is 12. The van der Waals surface area contributed by atoms with Gasteiger partial charge in [-0.15, -0.1) is 0 Å². The Labute approximate surface area is 412 Å². The van der Waals surface area contributed by atoms with E-state index in [9.17, 15) is 33.5 Å². The number of nitrogens with two attached hydrogens (primary N) is 3. The molecule has 73 heavy (non-hydrogen) atoms. The smallest absolute Gasteiger partial charge is 0.328 e. The Balaban J connectivity index is 0.977. The Morgan fingerprint density at radius 2 is 0.890 bits per heavy atom. The van der Waals surface area contributed by atoms with Crippen molar-refractivity contribution in [1.29, 1.82) is 0 Å². The SMILES string of the molecule is CC(=O)OC1C(OP(C)(=O)OC[C@H]2O[C@@H](n3cnc4c(N)ncnc43)C(OP(C)(=O)OC[C@H]3O[C@@H](n4cnc5c(N)ncnc54)C(O)C3O)C2OC(C)=O)[C@H](n2cnc3c(N)ncnc32)O[C@@H]1COP(C)(C)=O. The summed E-state index contributed by atoms with van der Waals surface area (Å²) in [6.07, 6.45) is -9.49. The molecule has 9 heterocycles. The third kappa shape index (κ3) is 10.8. The molecular formula is C38H50N15O17P3. The summed E-state index contributed by atoms with van der Waals surface area (Å²) in [6.45, 7) is 5.52. The van der Waals surface area contributed by atoms with E-state index in [4.69, 9.17) is 63.5 Å². The fourth-order valence-electron chi connectivity index (χ4n) is 8.46. The normalized spacial score (nSPS) is 29.2. The van der Waals surface area contributed by atoms with Crippen LogP contribution in [0.2, 0.25) is 0 Å². The number of esters is 2. The van der Waals surface area contributed by atoms with Gasteiger partial charge in [-0.25, -0.2) is 44.9 Å². The molecule has 8 N–H and O–H groups in total. The number of hydrogen-bond donors (Lipinski definition) is 5. The summed E-state index contributed by atoms with van der Waals surface area (Å²) < 4.78 is 106. The molecule has 0 saturated carbocycles. The van der Waals surface area contributed by atoms with E-state index in [-0.39, 0.29) is 57.6 Å². The number of carbonyl (C=O) groups excluding carboxylic acids is 2. The number of rotatable bonds is 18. The van der Waals surface area contributed by atoms with Gasteiger partial charge in [0, 0.05) is 40.5 Å². The first-order chi connectivity index (χ1) is 34.5. The molecule has 3 fully saturated rings. The van der Waals surface area contributed by atoms with Crippen LogP contribution < -0.4 is 17.2 Å². The number of nitrogens with zero attached hydrogens (tertiary/aromatic N) is 12. The molecule has 3 saturated heterocycles. The van der Waals surface area contributed by atoms with E-state index in [1.54, 1.807) is 0 Å². The number of ether oxygens (including phenoxy) is 5. The molecule has 0 aromatic carbocycles. The van der Waals surface area contributed by atoms with Crippen molar-refractivity contribution >= 4 is 85.4 Å². The number of hydrogen-bond acceptors (Lipinski definition) is 29. The van der Waals surface area contributed by atoms with Crippen LogP contribution in [0.5, 0.6) is 0 Å². The van der Waals surface area contributed by atoms with Gasteiger partial charge < -0.3 is 64.7 Å². The summed E-state index contributed by atoms with van der Waals surface area (Å²) in [6, 6.07) is 0. The standard InChI is InChI=1S/C38H50N15O17P3/c1-16(54)64-26-19(8-61-71(3,4)58)67-37(52-14-49-22-31(40)43-11-46-34(22)52)28(26)70-73(6,60)63-9-20-27(65-17(2)55)29(38(68-20)53-15-50-23-32(41)44-12-47-35(23)53)69-72(5,59)62-7-18-24(56)25(57)36(66-18)51-13-48-21-30(39)42-10-45-33(21)51/h10-15,18-20,24-29,36-38,56-57H,7-9H2,1-6H3,(H2,39,42,45)(H2,40,43,46)(H2,41,44,47)/t18-,19-,20-,24?,25?,26?,27?,28?,29?,36-,37-,38-,72?,73?/m1/s1. The highest BCUT2D eigenvalue weighted by atomic mass is 31.2. The van der Waals surface area contributed by atoms with Gasteiger partial charge in [-0.2, -0.15) is 0 Å². The zero-order valence-corrected chi connectivity index (χ0v) is 42.2. The van der Waals surface area contributed by atoms with Crippen LogP contribution >= 0.6 is 22.6 Å². The molecule has 8 unspecified atom stereocenters. The number of nitrogen functional groups attached to an aromatic ring is 3. The average Bonchev–Trinajstić information content (AvgIpc) is 4.18. The second-order valence-electron chi connectivity index (χ2n) is 17.4. The maximum atomic E-state index is 14.7. The third-order valence-corrected chi connectivity index (χ3v) is 14.9. The Morgan fingerprint density at radius 1 is 0.534 bits per heavy atom. The highest BCUT2D eigenvalue weighted by Crippen LogP contribution is 2.54. The lowest BCUT2D eigenvalue weighted by atomic mass is 10.1. The Morgan fingerprint density at radius 3 is 1.27 bits per heavy atom. The molecule has 6 aromatic rings. The monoisotopic (exact) mass is 1080 g/mol. The number of aliphatic hydroxyl groups is 2. The molecule has 0 amide bonds. The fraction of sp³-hybridized carbons (Fsp3) is 0.553.